The molecule has 9 nitrogen and oxygen atoms in total. The lowest BCUT2D eigenvalue weighted by molar-refractivity contribution is -0.154. The largest absolute Gasteiger partial charge is 0.497 e. The van der Waals surface area contributed by atoms with Crippen LogP contribution >= 0.6 is 11.8 Å². The van der Waals surface area contributed by atoms with Gasteiger partial charge in [0.15, 0.2) is 0 Å². The van der Waals surface area contributed by atoms with Crippen molar-refractivity contribution in [2.75, 3.05) is 20.2 Å². The molecule has 10 heteroatoms. The number of aliphatic imine (C=N–C) groups is 1. The van der Waals surface area contributed by atoms with Crippen molar-refractivity contribution in [1.82, 2.24) is 5.32 Å². The Hall–Kier alpha value is -4.37. The monoisotopic (exact) mass is 567 g/mol. The standard InChI is InChI=1S/C31H29N5O4S/c1-39-25-13-11-22(12-14-25)26-19-27(23-7-9-24(10-8-23)28(37)35-36-32)41-29(34-26)31(15-17-33-18-16-31)30(38)40-20-21-5-3-2-4-6-21/h2-14,19,26,33H,15-18,20H2,1H3. The molecule has 2 aliphatic heterocycles. The Labute approximate surface area is 242 Å². The van der Waals surface area contributed by atoms with Gasteiger partial charge in [-0.05, 0) is 71.5 Å². The first kappa shape index (κ1) is 28.2. The smallest absolute Gasteiger partial charge is 0.319 e. The molecule has 41 heavy (non-hydrogen) atoms. The summed E-state index contributed by atoms with van der Waals surface area (Å²) in [5, 5.41) is 7.26. The Bertz CT molecular complexity index is 1510. The predicted molar refractivity (Wildman–Crippen MR) is 159 cm³/mol. The summed E-state index contributed by atoms with van der Waals surface area (Å²) in [6.07, 6.45) is 3.19. The Balaban J connectivity index is 1.51. The zero-order chi connectivity index (χ0) is 28.7. The van der Waals surface area contributed by atoms with Crippen LogP contribution in [0.1, 0.15) is 45.9 Å². The Morgan fingerprint density at radius 2 is 1.76 bits per heavy atom. The van der Waals surface area contributed by atoms with Crippen molar-refractivity contribution >= 4 is 33.6 Å². The number of piperidine rings is 1. The van der Waals surface area contributed by atoms with E-state index in [9.17, 15) is 9.59 Å². The minimum atomic E-state index is -0.896. The molecule has 0 saturated carbocycles. The van der Waals surface area contributed by atoms with E-state index in [0.29, 0.717) is 36.5 Å². The molecule has 1 amide bonds. The molecule has 0 spiro atoms. The molecule has 208 valence electrons. The number of carbonyl (C=O) groups excluding carboxylic acids is 2. The van der Waals surface area contributed by atoms with E-state index in [1.165, 1.54) is 11.8 Å². The van der Waals surface area contributed by atoms with Crippen LogP contribution in [0.25, 0.3) is 15.3 Å². The van der Waals surface area contributed by atoms with E-state index in [-0.39, 0.29) is 18.6 Å². The number of ether oxygens (including phenoxy) is 2. The summed E-state index contributed by atoms with van der Waals surface area (Å²) in [5.74, 6) is -0.177. The van der Waals surface area contributed by atoms with Crippen LogP contribution < -0.4 is 10.1 Å². The summed E-state index contributed by atoms with van der Waals surface area (Å²) in [5.41, 5.74) is 10.8. The number of benzene rings is 3. The topological polar surface area (TPSA) is 126 Å². The molecule has 1 atom stereocenters. The van der Waals surface area contributed by atoms with Crippen LogP contribution in [0.3, 0.4) is 0 Å². The van der Waals surface area contributed by atoms with Gasteiger partial charge in [-0.15, -0.1) is 0 Å². The molecule has 3 aromatic carbocycles. The predicted octanol–water partition coefficient (Wildman–Crippen LogP) is 6.49. The minimum absolute atomic E-state index is 0.193. The van der Waals surface area contributed by atoms with Gasteiger partial charge in [0.2, 0.25) is 5.91 Å². The zero-order valence-corrected chi connectivity index (χ0v) is 23.3. The zero-order valence-electron chi connectivity index (χ0n) is 22.5. The minimum Gasteiger partial charge on any atom is -0.497 e. The fraction of sp³-hybridized carbons (Fsp3) is 0.258. The molecular formula is C31H29N5O4S. The van der Waals surface area contributed by atoms with Crippen LogP contribution in [0.5, 0.6) is 5.75 Å². The van der Waals surface area contributed by atoms with Gasteiger partial charge in [-0.2, -0.15) is 0 Å². The van der Waals surface area contributed by atoms with E-state index < -0.39 is 11.3 Å². The van der Waals surface area contributed by atoms with Crippen LogP contribution in [0, 0.1) is 5.41 Å². The number of hydrogen-bond donors (Lipinski definition) is 1. The van der Waals surface area contributed by atoms with Crippen LogP contribution in [0.15, 0.2) is 95.0 Å². The molecular weight excluding hydrogens is 538 g/mol. The second-order valence-corrected chi connectivity index (χ2v) is 10.8. The van der Waals surface area contributed by atoms with Crippen molar-refractivity contribution in [3.05, 3.63) is 118 Å². The number of azide groups is 1. The molecule has 2 aliphatic rings. The molecule has 3 aromatic rings. The number of esters is 1. The maximum atomic E-state index is 13.9. The van der Waals surface area contributed by atoms with Crippen molar-refractivity contribution in [2.24, 2.45) is 15.5 Å². The lowest BCUT2D eigenvalue weighted by Gasteiger charge is -2.38. The summed E-state index contributed by atoms with van der Waals surface area (Å²) in [4.78, 5) is 34.6. The first-order chi connectivity index (χ1) is 20.0. The van der Waals surface area contributed by atoms with Gasteiger partial charge in [0.05, 0.1) is 18.2 Å². The van der Waals surface area contributed by atoms with Gasteiger partial charge in [0.25, 0.3) is 0 Å². The van der Waals surface area contributed by atoms with Gasteiger partial charge in [-0.3, -0.25) is 14.6 Å². The van der Waals surface area contributed by atoms with E-state index in [4.69, 9.17) is 20.0 Å². The maximum absolute atomic E-state index is 13.9. The average molecular weight is 568 g/mol. The van der Waals surface area contributed by atoms with Gasteiger partial charge in [0, 0.05) is 15.4 Å². The highest BCUT2D eigenvalue weighted by atomic mass is 32.2. The van der Waals surface area contributed by atoms with E-state index >= 15 is 0 Å². The second-order valence-electron chi connectivity index (χ2n) is 9.75. The first-order valence-electron chi connectivity index (χ1n) is 13.3. The summed E-state index contributed by atoms with van der Waals surface area (Å²) in [6, 6.07) is 23.9. The summed E-state index contributed by atoms with van der Waals surface area (Å²) in [6.45, 7) is 1.53. The Morgan fingerprint density at radius 1 is 1.05 bits per heavy atom. The van der Waals surface area contributed by atoms with Gasteiger partial charge >= 0.3 is 5.97 Å². The lowest BCUT2D eigenvalue weighted by Crippen LogP contribution is -2.48. The average Bonchev–Trinajstić information content (AvgIpc) is 3.04. The molecule has 0 bridgehead atoms. The van der Waals surface area contributed by atoms with Crippen LogP contribution in [0.4, 0.5) is 0 Å². The summed E-state index contributed by atoms with van der Waals surface area (Å²) < 4.78 is 11.3. The fourth-order valence-electron chi connectivity index (χ4n) is 4.92. The third-order valence-electron chi connectivity index (χ3n) is 7.25. The van der Waals surface area contributed by atoms with Crippen molar-refractivity contribution in [1.29, 1.82) is 0 Å². The second kappa shape index (κ2) is 12.9. The summed E-state index contributed by atoms with van der Waals surface area (Å²) in [7, 11) is 1.62. The normalized spacial score (nSPS) is 17.8. The van der Waals surface area contributed by atoms with E-state index in [0.717, 1.165) is 27.3 Å². The number of nitrogens with one attached hydrogen (secondary N) is 1. The maximum Gasteiger partial charge on any atom is 0.319 e. The van der Waals surface area contributed by atoms with E-state index in [2.05, 4.69) is 21.4 Å². The van der Waals surface area contributed by atoms with E-state index in [1.54, 1.807) is 19.2 Å². The van der Waals surface area contributed by atoms with Gasteiger partial charge in [-0.25, -0.2) is 0 Å². The van der Waals surface area contributed by atoms with Crippen LogP contribution in [0.2, 0.25) is 0 Å². The summed E-state index contributed by atoms with van der Waals surface area (Å²) >= 11 is 1.46. The van der Waals surface area contributed by atoms with Crippen molar-refractivity contribution in [3.63, 3.8) is 0 Å². The van der Waals surface area contributed by atoms with Gasteiger partial charge < -0.3 is 14.8 Å². The van der Waals surface area contributed by atoms with Crippen LogP contribution in [-0.4, -0.2) is 37.1 Å². The quantitative estimate of drug-likeness (QED) is 0.144. The third-order valence-corrected chi connectivity index (χ3v) is 8.53. The highest BCUT2D eigenvalue weighted by Gasteiger charge is 2.47. The number of amides is 1. The molecule has 1 unspecified atom stereocenters. The molecule has 1 fully saturated rings. The molecule has 0 aliphatic carbocycles. The van der Waals surface area contributed by atoms with Crippen LogP contribution in [-0.2, 0) is 16.1 Å². The molecule has 1 N–H and O–H groups in total. The van der Waals surface area contributed by atoms with Crippen molar-refractivity contribution in [3.8, 4) is 5.75 Å². The molecule has 0 radical (unpaired) electrons. The number of rotatable bonds is 8. The number of carbonyl (C=O) groups is 2. The van der Waals surface area contributed by atoms with Gasteiger partial charge in [0.1, 0.15) is 17.8 Å². The highest BCUT2D eigenvalue weighted by Crippen LogP contribution is 2.47. The number of nitrogens with zero attached hydrogens (tertiary/aromatic N) is 4. The lowest BCUT2D eigenvalue weighted by atomic mass is 9.79. The number of thioether (sulfide) groups is 1. The molecule has 0 aromatic heterocycles. The first-order valence-corrected chi connectivity index (χ1v) is 14.1. The van der Waals surface area contributed by atoms with E-state index in [1.807, 2.05) is 66.7 Å². The number of methoxy groups -OCH3 is 1. The fourth-order valence-corrected chi connectivity index (χ4v) is 6.22. The molecule has 2 heterocycles. The molecule has 1 saturated heterocycles. The van der Waals surface area contributed by atoms with Crippen molar-refractivity contribution in [2.45, 2.75) is 25.5 Å². The SMILES string of the molecule is COc1ccc(C2C=C(c3ccc(C(=O)N=[N+]=[N-])cc3)SC(C3(C(=O)OCc4ccccc4)CCNCC3)=N2)cc1. The Morgan fingerprint density at radius 3 is 2.41 bits per heavy atom. The van der Waals surface area contributed by atoms with Crippen molar-refractivity contribution < 1.29 is 19.1 Å². The highest BCUT2D eigenvalue weighted by molar-refractivity contribution is 8.22. The molecule has 5 rings (SSSR count). The third kappa shape index (κ3) is 6.36. The Kier molecular flexibility index (Phi) is 8.84. The number of hydrogen-bond acceptors (Lipinski definition) is 7. The van der Waals surface area contributed by atoms with Gasteiger partial charge in [-0.1, -0.05) is 78.5 Å².